The normalized spacial score (nSPS) is 12.7. The molecule has 0 amide bonds. The zero-order chi connectivity index (χ0) is 26.7. The maximum Gasteiger partial charge on any atom is 0.332 e. The third kappa shape index (κ3) is 5.39. The van der Waals surface area contributed by atoms with Crippen LogP contribution in [0.3, 0.4) is 0 Å². The van der Waals surface area contributed by atoms with Crippen molar-refractivity contribution in [2.24, 2.45) is 11.1 Å². The lowest BCUT2D eigenvalue weighted by molar-refractivity contribution is -0.384. The van der Waals surface area contributed by atoms with E-state index in [0.717, 1.165) is 44.9 Å². The molecule has 0 aliphatic carbocycles. The van der Waals surface area contributed by atoms with E-state index in [0.29, 0.717) is 24.8 Å². The second kappa shape index (κ2) is 10.9. The van der Waals surface area contributed by atoms with Crippen LogP contribution in [0.5, 0.6) is 0 Å². The molecule has 4 rings (SSSR count). The molecule has 0 spiro atoms. The van der Waals surface area contributed by atoms with Crippen LogP contribution in [0.2, 0.25) is 0 Å². The summed E-state index contributed by atoms with van der Waals surface area (Å²) in [6, 6.07) is 17.0. The number of methoxy groups -OCH3 is 1. The van der Waals surface area contributed by atoms with Gasteiger partial charge in [-0.2, -0.15) is 0 Å². The van der Waals surface area contributed by atoms with Gasteiger partial charge in [-0.15, -0.1) is 0 Å². The third-order valence-electron chi connectivity index (χ3n) is 6.50. The Balaban J connectivity index is 1.86. The summed E-state index contributed by atoms with van der Waals surface area (Å²) in [7, 11) is 1.70. The van der Waals surface area contributed by atoms with Crippen molar-refractivity contribution in [2.45, 2.75) is 40.7 Å². The summed E-state index contributed by atoms with van der Waals surface area (Å²) < 4.78 is 7.40. The highest BCUT2D eigenvalue weighted by molar-refractivity contribution is 6.17. The van der Waals surface area contributed by atoms with Crippen LogP contribution in [0.1, 0.15) is 43.0 Å². The standard InChI is InChI=1S/C29H31N3O5/c1-6-31-27-11-8-22(15-25(27)26-16-23(32(34)35)9-12-28(26)31)29(30-37-20(4)33)24-10-7-21(14-19(24)3)13-18(2)17-36-5/h7-12,14-16,18H,6,13,17H2,1-5H3/b30-29+. The predicted molar refractivity (Wildman–Crippen MR) is 145 cm³/mol. The molecule has 8 nitrogen and oxygen atoms in total. The van der Waals surface area contributed by atoms with Crippen LogP contribution >= 0.6 is 0 Å². The number of ether oxygens (including phenoxy) is 1. The van der Waals surface area contributed by atoms with Gasteiger partial charge in [0.25, 0.3) is 5.69 Å². The quantitative estimate of drug-likeness (QED) is 0.118. The number of aromatic nitrogens is 1. The zero-order valence-corrected chi connectivity index (χ0v) is 21.8. The molecule has 3 aromatic carbocycles. The number of fused-ring (bicyclic) bond motifs is 3. The number of nitro benzene ring substituents is 1. The number of nitro groups is 1. The molecule has 1 unspecified atom stereocenters. The van der Waals surface area contributed by atoms with Crippen LogP contribution in [0.4, 0.5) is 5.69 Å². The summed E-state index contributed by atoms with van der Waals surface area (Å²) in [5, 5.41) is 17.4. The van der Waals surface area contributed by atoms with Crippen LogP contribution in [0.25, 0.3) is 21.8 Å². The van der Waals surface area contributed by atoms with E-state index in [1.165, 1.54) is 18.6 Å². The van der Waals surface area contributed by atoms with E-state index in [4.69, 9.17) is 9.57 Å². The van der Waals surface area contributed by atoms with Gasteiger partial charge >= 0.3 is 5.97 Å². The summed E-state index contributed by atoms with van der Waals surface area (Å²) in [6.45, 7) is 8.91. The van der Waals surface area contributed by atoms with Crippen LogP contribution in [-0.4, -0.2) is 34.9 Å². The number of rotatable bonds is 9. The van der Waals surface area contributed by atoms with Gasteiger partial charge in [0.05, 0.1) is 4.92 Å². The Kier molecular flexibility index (Phi) is 7.69. The molecule has 4 aromatic rings. The van der Waals surface area contributed by atoms with Crippen LogP contribution in [0, 0.1) is 23.0 Å². The molecule has 0 fully saturated rings. The first-order valence-electron chi connectivity index (χ1n) is 12.3. The van der Waals surface area contributed by atoms with E-state index in [1.54, 1.807) is 19.2 Å². The highest BCUT2D eigenvalue weighted by Crippen LogP contribution is 2.33. The Labute approximate surface area is 215 Å². The van der Waals surface area contributed by atoms with Gasteiger partial charge in [0.15, 0.2) is 0 Å². The lowest BCUT2D eigenvalue weighted by Crippen LogP contribution is -2.10. The molecule has 1 atom stereocenters. The topological polar surface area (TPSA) is 96.0 Å². The Morgan fingerprint density at radius 1 is 1.08 bits per heavy atom. The average Bonchev–Trinajstić information content (AvgIpc) is 3.17. The van der Waals surface area contributed by atoms with Crippen LogP contribution in [-0.2, 0) is 27.3 Å². The van der Waals surface area contributed by atoms with E-state index in [-0.39, 0.29) is 10.6 Å². The minimum absolute atomic E-state index is 0.0380. The van der Waals surface area contributed by atoms with Gasteiger partial charge < -0.3 is 14.1 Å². The highest BCUT2D eigenvalue weighted by Gasteiger charge is 2.18. The number of carbonyl (C=O) groups is 1. The molecule has 1 aromatic heterocycles. The number of hydrogen-bond acceptors (Lipinski definition) is 6. The zero-order valence-electron chi connectivity index (χ0n) is 21.8. The van der Waals surface area contributed by atoms with Crippen molar-refractivity contribution in [2.75, 3.05) is 13.7 Å². The average molecular weight is 502 g/mol. The summed E-state index contributed by atoms with van der Waals surface area (Å²) in [4.78, 5) is 27.8. The van der Waals surface area contributed by atoms with Gasteiger partial charge in [-0.25, -0.2) is 4.79 Å². The lowest BCUT2D eigenvalue weighted by atomic mass is 9.93. The third-order valence-corrected chi connectivity index (χ3v) is 6.50. The summed E-state index contributed by atoms with van der Waals surface area (Å²) in [6.07, 6.45) is 0.882. The first-order chi connectivity index (χ1) is 17.7. The second-order valence-electron chi connectivity index (χ2n) is 9.37. The fraction of sp³-hybridized carbons (Fsp3) is 0.310. The van der Waals surface area contributed by atoms with E-state index in [2.05, 4.69) is 28.8 Å². The monoisotopic (exact) mass is 501 g/mol. The fourth-order valence-electron chi connectivity index (χ4n) is 4.93. The molecule has 8 heteroatoms. The molecule has 0 bridgehead atoms. The van der Waals surface area contributed by atoms with Crippen molar-refractivity contribution in [3.63, 3.8) is 0 Å². The van der Waals surface area contributed by atoms with Crippen molar-refractivity contribution in [3.05, 3.63) is 87.0 Å². The number of aryl methyl sites for hydroxylation is 2. The Morgan fingerprint density at radius 2 is 1.78 bits per heavy atom. The molecule has 0 N–H and O–H groups in total. The molecule has 1 heterocycles. The lowest BCUT2D eigenvalue weighted by Gasteiger charge is -2.14. The summed E-state index contributed by atoms with van der Waals surface area (Å²) in [5.41, 5.74) is 6.22. The van der Waals surface area contributed by atoms with Gasteiger partial charge in [0.2, 0.25) is 0 Å². The minimum Gasteiger partial charge on any atom is -0.384 e. The number of nitrogens with zero attached hydrogens (tertiary/aromatic N) is 3. The van der Waals surface area contributed by atoms with Crippen LogP contribution in [0.15, 0.2) is 59.8 Å². The van der Waals surface area contributed by atoms with Crippen molar-refractivity contribution in [1.82, 2.24) is 4.57 Å². The number of carbonyl (C=O) groups excluding carboxylic acids is 1. The van der Waals surface area contributed by atoms with E-state index in [9.17, 15) is 14.9 Å². The maximum absolute atomic E-state index is 11.7. The van der Waals surface area contributed by atoms with E-state index < -0.39 is 5.97 Å². The molecule has 0 saturated carbocycles. The number of oxime groups is 1. The fourth-order valence-corrected chi connectivity index (χ4v) is 4.93. The van der Waals surface area contributed by atoms with Crippen molar-refractivity contribution >= 4 is 39.2 Å². The van der Waals surface area contributed by atoms with Crippen molar-refractivity contribution in [1.29, 1.82) is 0 Å². The summed E-state index contributed by atoms with van der Waals surface area (Å²) >= 11 is 0. The molecular weight excluding hydrogens is 470 g/mol. The largest absolute Gasteiger partial charge is 0.384 e. The second-order valence-corrected chi connectivity index (χ2v) is 9.37. The first kappa shape index (κ1) is 26.0. The number of benzene rings is 3. The number of hydrogen-bond donors (Lipinski definition) is 0. The van der Waals surface area contributed by atoms with Gasteiger partial charge in [-0.05, 0) is 55.5 Å². The Morgan fingerprint density at radius 3 is 2.41 bits per heavy atom. The predicted octanol–water partition coefficient (Wildman–Crippen LogP) is 6.17. The maximum atomic E-state index is 11.7. The van der Waals surface area contributed by atoms with E-state index in [1.807, 2.05) is 38.1 Å². The van der Waals surface area contributed by atoms with Crippen molar-refractivity contribution in [3.8, 4) is 0 Å². The Bertz CT molecular complexity index is 1520. The summed E-state index contributed by atoms with van der Waals surface area (Å²) in [5.74, 6) is -0.133. The van der Waals surface area contributed by atoms with Gasteiger partial charge in [0, 0.05) is 72.3 Å². The molecule has 0 aliphatic heterocycles. The van der Waals surface area contributed by atoms with Gasteiger partial charge in [-0.3, -0.25) is 10.1 Å². The molecular formula is C29H31N3O5. The molecule has 0 aliphatic rings. The minimum atomic E-state index is -0.514. The Hall–Kier alpha value is -4.04. The smallest absolute Gasteiger partial charge is 0.332 e. The van der Waals surface area contributed by atoms with Crippen LogP contribution < -0.4 is 0 Å². The molecule has 0 radical (unpaired) electrons. The molecule has 37 heavy (non-hydrogen) atoms. The SMILES string of the molecule is CCn1c2ccc(/C(=N\OC(C)=O)c3ccc(CC(C)COC)cc3C)cc2c2cc([N+](=O)[O-])ccc21. The highest BCUT2D eigenvalue weighted by atomic mass is 16.7. The first-order valence-corrected chi connectivity index (χ1v) is 12.3. The van der Waals surface area contributed by atoms with Gasteiger partial charge in [0.1, 0.15) is 5.71 Å². The molecule has 0 saturated heterocycles. The van der Waals surface area contributed by atoms with Crippen molar-refractivity contribution < 1.29 is 19.3 Å². The van der Waals surface area contributed by atoms with E-state index >= 15 is 0 Å². The number of non-ortho nitro benzene ring substituents is 1. The molecule has 192 valence electrons. The van der Waals surface area contributed by atoms with Gasteiger partial charge in [-0.1, -0.05) is 36.3 Å².